The Morgan fingerprint density at radius 1 is 1.31 bits per heavy atom. The van der Waals surface area contributed by atoms with Crippen LogP contribution in [0.15, 0.2) is 0 Å². The lowest BCUT2D eigenvalue weighted by Gasteiger charge is -2.16. The summed E-state index contributed by atoms with van der Waals surface area (Å²) < 4.78 is 5.35. The molecule has 0 saturated carbocycles. The minimum Gasteiger partial charge on any atom is -0.462 e. The van der Waals surface area contributed by atoms with E-state index in [1.807, 2.05) is 13.8 Å². The van der Waals surface area contributed by atoms with Crippen molar-refractivity contribution in [3.63, 3.8) is 0 Å². The van der Waals surface area contributed by atoms with Gasteiger partial charge in [0.2, 0.25) is 0 Å². The topological polar surface area (TPSA) is 26.3 Å². The summed E-state index contributed by atoms with van der Waals surface area (Å²) in [6.45, 7) is 6.17. The van der Waals surface area contributed by atoms with Crippen LogP contribution in [0.2, 0.25) is 0 Å². The van der Waals surface area contributed by atoms with Crippen molar-refractivity contribution in [3.05, 3.63) is 0 Å². The molecule has 0 heterocycles. The summed E-state index contributed by atoms with van der Waals surface area (Å²) in [7, 11) is 0. The van der Waals surface area contributed by atoms with Gasteiger partial charge in [-0.3, -0.25) is 4.79 Å². The van der Waals surface area contributed by atoms with Crippen molar-refractivity contribution in [1.82, 2.24) is 0 Å². The van der Waals surface area contributed by atoms with Gasteiger partial charge in [-0.1, -0.05) is 49.8 Å². The molecule has 78 valence electrons. The van der Waals surface area contributed by atoms with Gasteiger partial charge in [0.1, 0.15) is 10.0 Å². The molecule has 0 rings (SSSR count). The first-order chi connectivity index (χ1) is 6.15. The van der Waals surface area contributed by atoms with Crippen LogP contribution in [-0.4, -0.2) is 16.0 Å². The van der Waals surface area contributed by atoms with Crippen LogP contribution in [0.4, 0.5) is 0 Å². The van der Waals surface area contributed by atoms with Gasteiger partial charge in [-0.2, -0.15) is 0 Å². The van der Waals surface area contributed by atoms with Crippen LogP contribution in [0, 0.1) is 0 Å². The molecule has 0 aromatic rings. The third kappa shape index (κ3) is 5.49. The van der Waals surface area contributed by atoms with Crippen molar-refractivity contribution in [2.24, 2.45) is 0 Å². The van der Waals surface area contributed by atoms with Crippen LogP contribution in [0.3, 0.4) is 0 Å². The SMILES string of the molecule is CCCC(I)C(=O)OC(CC)CC. The minimum atomic E-state index is -0.0452. The zero-order valence-electron chi connectivity index (χ0n) is 8.68. The Morgan fingerprint density at radius 2 is 1.85 bits per heavy atom. The predicted molar refractivity (Wildman–Crippen MR) is 63.2 cm³/mol. The van der Waals surface area contributed by atoms with Gasteiger partial charge < -0.3 is 4.74 Å². The second-order valence-corrected chi connectivity index (χ2v) is 4.64. The fourth-order valence-corrected chi connectivity index (χ4v) is 1.83. The molecule has 0 aromatic carbocycles. The molecule has 0 radical (unpaired) electrons. The number of ether oxygens (including phenoxy) is 1. The molecular weight excluding hydrogens is 279 g/mol. The molecular formula is C10H19IO2. The number of alkyl halides is 1. The van der Waals surface area contributed by atoms with E-state index < -0.39 is 0 Å². The maximum absolute atomic E-state index is 11.4. The van der Waals surface area contributed by atoms with E-state index in [1.165, 1.54) is 0 Å². The molecule has 2 nitrogen and oxygen atoms in total. The molecule has 0 aliphatic carbocycles. The highest BCUT2D eigenvalue weighted by Gasteiger charge is 2.18. The summed E-state index contributed by atoms with van der Waals surface area (Å²) in [5.41, 5.74) is 0. The van der Waals surface area contributed by atoms with Crippen LogP contribution >= 0.6 is 22.6 Å². The predicted octanol–water partition coefficient (Wildman–Crippen LogP) is 3.32. The van der Waals surface area contributed by atoms with Gasteiger partial charge in [-0.15, -0.1) is 0 Å². The summed E-state index contributed by atoms with van der Waals surface area (Å²) in [5, 5.41) is 0. The lowest BCUT2D eigenvalue weighted by atomic mass is 10.2. The fourth-order valence-electron chi connectivity index (χ4n) is 1.06. The average molecular weight is 298 g/mol. The Bertz CT molecular complexity index is 144. The number of rotatable bonds is 6. The first kappa shape index (κ1) is 13.2. The maximum atomic E-state index is 11.4. The van der Waals surface area contributed by atoms with Gasteiger partial charge in [-0.05, 0) is 19.3 Å². The molecule has 1 atom stereocenters. The Morgan fingerprint density at radius 3 is 2.23 bits per heavy atom. The number of carbonyl (C=O) groups is 1. The number of halogens is 1. The van der Waals surface area contributed by atoms with Gasteiger partial charge in [-0.25, -0.2) is 0 Å². The third-order valence-electron chi connectivity index (χ3n) is 1.99. The summed E-state index contributed by atoms with van der Waals surface area (Å²) in [4.78, 5) is 11.4. The number of hydrogen-bond donors (Lipinski definition) is 0. The second kappa shape index (κ2) is 7.59. The normalized spacial score (nSPS) is 13.0. The third-order valence-corrected chi connectivity index (χ3v) is 3.12. The minimum absolute atomic E-state index is 0.0307. The van der Waals surface area contributed by atoms with Crippen LogP contribution in [0.1, 0.15) is 46.5 Å². The molecule has 0 saturated heterocycles. The van der Waals surface area contributed by atoms with Crippen molar-refractivity contribution >= 4 is 28.6 Å². The van der Waals surface area contributed by atoms with E-state index >= 15 is 0 Å². The van der Waals surface area contributed by atoms with E-state index in [9.17, 15) is 4.79 Å². The maximum Gasteiger partial charge on any atom is 0.319 e. The molecule has 0 N–H and O–H groups in total. The molecule has 0 spiro atoms. The number of hydrogen-bond acceptors (Lipinski definition) is 2. The Balaban J connectivity index is 3.83. The summed E-state index contributed by atoms with van der Waals surface area (Å²) >= 11 is 2.16. The highest BCUT2D eigenvalue weighted by molar-refractivity contribution is 14.1. The average Bonchev–Trinajstić information content (AvgIpc) is 2.14. The second-order valence-electron chi connectivity index (χ2n) is 3.13. The zero-order chi connectivity index (χ0) is 10.3. The number of esters is 1. The Kier molecular flexibility index (Phi) is 7.71. The molecule has 13 heavy (non-hydrogen) atoms. The van der Waals surface area contributed by atoms with Crippen molar-refractivity contribution in [2.75, 3.05) is 0 Å². The van der Waals surface area contributed by atoms with Gasteiger partial charge in [0.05, 0.1) is 0 Å². The Labute approximate surface area is 94.6 Å². The molecule has 0 aliphatic heterocycles. The quantitative estimate of drug-likeness (QED) is 0.427. The van der Waals surface area contributed by atoms with Crippen molar-refractivity contribution in [2.45, 2.75) is 56.5 Å². The molecule has 0 aliphatic rings. The molecule has 3 heteroatoms. The Hall–Kier alpha value is 0.200. The standard InChI is InChI=1S/C10H19IO2/c1-4-7-9(11)10(12)13-8(5-2)6-3/h8-9H,4-7H2,1-3H3. The van der Waals surface area contributed by atoms with Crippen molar-refractivity contribution in [1.29, 1.82) is 0 Å². The first-order valence-corrected chi connectivity index (χ1v) is 6.24. The zero-order valence-corrected chi connectivity index (χ0v) is 10.8. The van der Waals surface area contributed by atoms with Crippen molar-refractivity contribution in [3.8, 4) is 0 Å². The highest BCUT2D eigenvalue weighted by atomic mass is 127. The van der Waals surface area contributed by atoms with Crippen LogP contribution in [0.25, 0.3) is 0 Å². The lowest BCUT2D eigenvalue weighted by Crippen LogP contribution is -2.23. The molecule has 0 aromatic heterocycles. The van der Waals surface area contributed by atoms with E-state index in [-0.39, 0.29) is 16.0 Å². The lowest BCUT2D eigenvalue weighted by molar-refractivity contribution is -0.148. The first-order valence-electron chi connectivity index (χ1n) is 5.00. The number of carbonyl (C=O) groups excluding carboxylic acids is 1. The molecule has 0 amide bonds. The van der Waals surface area contributed by atoms with Gasteiger partial charge in [0.25, 0.3) is 0 Å². The van der Waals surface area contributed by atoms with Crippen molar-refractivity contribution < 1.29 is 9.53 Å². The van der Waals surface area contributed by atoms with Crippen LogP contribution < -0.4 is 0 Å². The van der Waals surface area contributed by atoms with Gasteiger partial charge in [0, 0.05) is 0 Å². The summed E-state index contributed by atoms with van der Waals surface area (Å²) in [6, 6.07) is 0. The van der Waals surface area contributed by atoms with E-state index in [0.717, 1.165) is 25.7 Å². The smallest absolute Gasteiger partial charge is 0.319 e. The van der Waals surface area contributed by atoms with Crippen LogP contribution in [-0.2, 0) is 9.53 Å². The monoisotopic (exact) mass is 298 g/mol. The van der Waals surface area contributed by atoms with Crippen LogP contribution in [0.5, 0.6) is 0 Å². The summed E-state index contributed by atoms with van der Waals surface area (Å²) in [6.07, 6.45) is 3.89. The molecule has 1 unspecified atom stereocenters. The van der Waals surface area contributed by atoms with E-state index in [0.29, 0.717) is 0 Å². The summed E-state index contributed by atoms with van der Waals surface area (Å²) in [5.74, 6) is -0.0452. The van der Waals surface area contributed by atoms with E-state index in [2.05, 4.69) is 29.5 Å². The highest BCUT2D eigenvalue weighted by Crippen LogP contribution is 2.13. The largest absolute Gasteiger partial charge is 0.462 e. The van der Waals surface area contributed by atoms with Gasteiger partial charge in [0.15, 0.2) is 0 Å². The molecule has 0 bridgehead atoms. The fraction of sp³-hybridized carbons (Fsp3) is 0.900. The van der Waals surface area contributed by atoms with E-state index in [1.54, 1.807) is 0 Å². The van der Waals surface area contributed by atoms with Gasteiger partial charge >= 0.3 is 5.97 Å². The van der Waals surface area contributed by atoms with E-state index in [4.69, 9.17) is 4.74 Å². The molecule has 0 fully saturated rings.